The lowest BCUT2D eigenvalue weighted by molar-refractivity contribution is -0.00526. The standard InChI is InChI=1S/C16H23FN2O/c1-11-9-19(10-12(2)20-11)16-6-3-14(17)7-13(16)8-18-15-4-5-15/h3,6-7,11-12,15,18H,4-5,8-10H2,1-2H3. The molecule has 2 unspecified atom stereocenters. The van der Waals surface area contributed by atoms with E-state index in [-0.39, 0.29) is 18.0 Å². The zero-order valence-electron chi connectivity index (χ0n) is 12.2. The van der Waals surface area contributed by atoms with E-state index >= 15 is 0 Å². The number of anilines is 1. The monoisotopic (exact) mass is 278 g/mol. The molecule has 0 radical (unpaired) electrons. The molecule has 2 fully saturated rings. The zero-order chi connectivity index (χ0) is 14.1. The predicted octanol–water partition coefficient (Wildman–Crippen LogP) is 2.69. The first-order valence-corrected chi connectivity index (χ1v) is 7.54. The second-order valence-electron chi connectivity index (χ2n) is 6.09. The molecule has 1 aliphatic heterocycles. The number of benzene rings is 1. The first kappa shape index (κ1) is 13.8. The van der Waals surface area contributed by atoms with Gasteiger partial charge >= 0.3 is 0 Å². The van der Waals surface area contributed by atoms with Crippen LogP contribution in [0, 0.1) is 5.82 Å². The highest BCUT2D eigenvalue weighted by Gasteiger charge is 2.25. The summed E-state index contributed by atoms with van der Waals surface area (Å²) in [6.45, 7) is 6.67. The minimum Gasteiger partial charge on any atom is -0.372 e. The van der Waals surface area contributed by atoms with Crippen LogP contribution in [0.3, 0.4) is 0 Å². The Morgan fingerprint density at radius 3 is 2.60 bits per heavy atom. The third-order valence-corrected chi connectivity index (χ3v) is 3.96. The van der Waals surface area contributed by atoms with E-state index in [0.717, 1.165) is 30.9 Å². The molecule has 3 rings (SSSR count). The molecule has 1 saturated carbocycles. The van der Waals surface area contributed by atoms with Gasteiger partial charge in [-0.2, -0.15) is 0 Å². The van der Waals surface area contributed by atoms with Gasteiger partial charge in [0.05, 0.1) is 12.2 Å². The van der Waals surface area contributed by atoms with Crippen LogP contribution >= 0.6 is 0 Å². The summed E-state index contributed by atoms with van der Waals surface area (Å²) < 4.78 is 19.3. The van der Waals surface area contributed by atoms with Crippen molar-refractivity contribution < 1.29 is 9.13 Å². The lowest BCUT2D eigenvalue weighted by atomic mass is 10.1. The number of nitrogens with one attached hydrogen (secondary N) is 1. The predicted molar refractivity (Wildman–Crippen MR) is 78.5 cm³/mol. The SMILES string of the molecule is CC1CN(c2ccc(F)cc2CNC2CC2)CC(C)O1. The third-order valence-electron chi connectivity index (χ3n) is 3.96. The molecule has 1 aromatic rings. The van der Waals surface area contributed by atoms with Crippen LogP contribution < -0.4 is 10.2 Å². The number of halogens is 1. The van der Waals surface area contributed by atoms with Crippen molar-refractivity contribution in [1.82, 2.24) is 5.32 Å². The summed E-state index contributed by atoms with van der Waals surface area (Å²) in [5.41, 5.74) is 2.19. The Morgan fingerprint density at radius 2 is 1.95 bits per heavy atom. The molecule has 0 aromatic heterocycles. The Labute approximate surface area is 120 Å². The van der Waals surface area contributed by atoms with E-state index in [1.54, 1.807) is 12.1 Å². The molecule has 110 valence electrons. The Balaban J connectivity index is 1.79. The minimum absolute atomic E-state index is 0.157. The lowest BCUT2D eigenvalue weighted by Gasteiger charge is -2.37. The summed E-state index contributed by atoms with van der Waals surface area (Å²) in [6, 6.07) is 5.76. The molecule has 1 N–H and O–H groups in total. The van der Waals surface area contributed by atoms with Crippen LogP contribution in [0.2, 0.25) is 0 Å². The number of nitrogens with zero attached hydrogens (tertiary/aromatic N) is 1. The van der Waals surface area contributed by atoms with Gasteiger partial charge in [0, 0.05) is 31.4 Å². The first-order chi connectivity index (χ1) is 9.61. The quantitative estimate of drug-likeness (QED) is 0.916. The highest BCUT2D eigenvalue weighted by atomic mass is 19.1. The Hall–Kier alpha value is -1.13. The topological polar surface area (TPSA) is 24.5 Å². The second kappa shape index (κ2) is 5.70. The zero-order valence-corrected chi connectivity index (χ0v) is 12.2. The van der Waals surface area contributed by atoms with Gasteiger partial charge in [-0.05, 0) is 50.5 Å². The Bertz CT molecular complexity index is 466. The summed E-state index contributed by atoms with van der Waals surface area (Å²) in [6.07, 6.45) is 2.92. The molecule has 2 atom stereocenters. The smallest absolute Gasteiger partial charge is 0.123 e. The molecular weight excluding hydrogens is 255 g/mol. The molecule has 0 bridgehead atoms. The van der Waals surface area contributed by atoms with Gasteiger partial charge in [-0.3, -0.25) is 0 Å². The summed E-state index contributed by atoms with van der Waals surface area (Å²) in [5, 5.41) is 3.48. The fourth-order valence-corrected chi connectivity index (χ4v) is 2.92. The van der Waals surface area contributed by atoms with Gasteiger partial charge in [0.25, 0.3) is 0 Å². The highest BCUT2D eigenvalue weighted by Crippen LogP contribution is 2.27. The van der Waals surface area contributed by atoms with Crippen LogP contribution in [-0.4, -0.2) is 31.3 Å². The van der Waals surface area contributed by atoms with Crippen molar-refractivity contribution in [2.45, 2.75) is 51.5 Å². The van der Waals surface area contributed by atoms with Crippen molar-refractivity contribution in [1.29, 1.82) is 0 Å². The number of rotatable bonds is 4. The summed E-state index contributed by atoms with van der Waals surface area (Å²) in [4.78, 5) is 2.32. The molecule has 4 heteroatoms. The van der Waals surface area contributed by atoms with Crippen LogP contribution in [0.1, 0.15) is 32.3 Å². The molecule has 1 heterocycles. The van der Waals surface area contributed by atoms with Crippen LogP contribution in [0.4, 0.5) is 10.1 Å². The molecule has 1 saturated heterocycles. The minimum atomic E-state index is -0.157. The molecule has 1 aromatic carbocycles. The van der Waals surface area contributed by atoms with Gasteiger partial charge in [0.1, 0.15) is 5.82 Å². The van der Waals surface area contributed by atoms with E-state index in [1.165, 1.54) is 12.8 Å². The van der Waals surface area contributed by atoms with E-state index in [1.807, 2.05) is 6.07 Å². The molecule has 20 heavy (non-hydrogen) atoms. The van der Waals surface area contributed by atoms with Crippen LogP contribution in [0.25, 0.3) is 0 Å². The van der Waals surface area contributed by atoms with Crippen molar-refractivity contribution >= 4 is 5.69 Å². The maximum atomic E-state index is 13.5. The van der Waals surface area contributed by atoms with Gasteiger partial charge in [-0.1, -0.05) is 0 Å². The molecular formula is C16H23FN2O. The van der Waals surface area contributed by atoms with Gasteiger partial charge < -0.3 is 15.0 Å². The van der Waals surface area contributed by atoms with Crippen molar-refractivity contribution in [3.63, 3.8) is 0 Å². The number of hydrogen-bond acceptors (Lipinski definition) is 3. The Morgan fingerprint density at radius 1 is 1.25 bits per heavy atom. The molecule has 2 aliphatic rings. The average molecular weight is 278 g/mol. The van der Waals surface area contributed by atoms with Crippen molar-refractivity contribution in [2.24, 2.45) is 0 Å². The highest BCUT2D eigenvalue weighted by molar-refractivity contribution is 5.54. The van der Waals surface area contributed by atoms with Crippen molar-refractivity contribution in [3.05, 3.63) is 29.6 Å². The largest absolute Gasteiger partial charge is 0.372 e. The average Bonchev–Trinajstić information content (AvgIpc) is 3.19. The lowest BCUT2D eigenvalue weighted by Crippen LogP contribution is -2.46. The van der Waals surface area contributed by atoms with E-state index < -0.39 is 0 Å². The third kappa shape index (κ3) is 3.30. The van der Waals surface area contributed by atoms with Crippen LogP contribution in [0.5, 0.6) is 0 Å². The molecule has 0 spiro atoms. The summed E-state index contributed by atoms with van der Waals surface area (Å²) >= 11 is 0. The first-order valence-electron chi connectivity index (χ1n) is 7.54. The number of hydrogen-bond donors (Lipinski definition) is 1. The van der Waals surface area contributed by atoms with Crippen LogP contribution in [0.15, 0.2) is 18.2 Å². The van der Waals surface area contributed by atoms with Crippen molar-refractivity contribution in [3.8, 4) is 0 Å². The van der Waals surface area contributed by atoms with Gasteiger partial charge in [0.15, 0.2) is 0 Å². The van der Waals surface area contributed by atoms with E-state index in [2.05, 4.69) is 24.1 Å². The van der Waals surface area contributed by atoms with E-state index in [4.69, 9.17) is 4.74 Å². The van der Waals surface area contributed by atoms with Gasteiger partial charge in [-0.25, -0.2) is 4.39 Å². The fourth-order valence-electron chi connectivity index (χ4n) is 2.92. The van der Waals surface area contributed by atoms with E-state index in [0.29, 0.717) is 6.04 Å². The number of morpholine rings is 1. The van der Waals surface area contributed by atoms with Gasteiger partial charge in [-0.15, -0.1) is 0 Å². The molecule has 0 amide bonds. The summed E-state index contributed by atoms with van der Waals surface area (Å²) in [7, 11) is 0. The fraction of sp³-hybridized carbons (Fsp3) is 0.625. The number of ether oxygens (including phenoxy) is 1. The maximum Gasteiger partial charge on any atom is 0.123 e. The van der Waals surface area contributed by atoms with Gasteiger partial charge in [0.2, 0.25) is 0 Å². The Kier molecular flexibility index (Phi) is 3.94. The normalized spacial score (nSPS) is 26.9. The second-order valence-corrected chi connectivity index (χ2v) is 6.09. The van der Waals surface area contributed by atoms with Crippen molar-refractivity contribution in [2.75, 3.05) is 18.0 Å². The maximum absolute atomic E-state index is 13.5. The van der Waals surface area contributed by atoms with E-state index in [9.17, 15) is 4.39 Å². The summed E-state index contributed by atoms with van der Waals surface area (Å²) in [5.74, 6) is -0.157. The molecule has 3 nitrogen and oxygen atoms in total. The molecule has 1 aliphatic carbocycles. The van der Waals surface area contributed by atoms with Crippen LogP contribution in [-0.2, 0) is 11.3 Å².